The minimum atomic E-state index is -0.422. The first-order valence-electron chi connectivity index (χ1n) is 10.9. The number of rotatable bonds is 7. The van der Waals surface area contributed by atoms with E-state index in [-0.39, 0.29) is 19.0 Å². The zero-order valence-corrected chi connectivity index (χ0v) is 20.3. The molecule has 0 unspecified atom stereocenters. The van der Waals surface area contributed by atoms with Gasteiger partial charge in [-0.15, -0.1) is 16.4 Å². The summed E-state index contributed by atoms with van der Waals surface area (Å²) in [5.74, 6) is 0.778. The van der Waals surface area contributed by atoms with Crippen molar-refractivity contribution in [2.24, 2.45) is 0 Å². The molecule has 178 valence electrons. The Morgan fingerprint density at radius 3 is 2.66 bits per heavy atom. The second-order valence-electron chi connectivity index (χ2n) is 8.00. The van der Waals surface area contributed by atoms with Crippen molar-refractivity contribution in [3.8, 4) is 22.6 Å². The van der Waals surface area contributed by atoms with Gasteiger partial charge in [0.2, 0.25) is 5.91 Å². The van der Waals surface area contributed by atoms with Crippen molar-refractivity contribution in [2.45, 2.75) is 20.0 Å². The fraction of sp³-hybridized carbons (Fsp3) is 0.200. The first kappa shape index (κ1) is 22.6. The molecular formula is C25H23N5O4S. The van der Waals surface area contributed by atoms with Gasteiger partial charge in [-0.05, 0) is 18.6 Å². The van der Waals surface area contributed by atoms with Crippen LogP contribution in [-0.2, 0) is 17.9 Å². The zero-order valence-electron chi connectivity index (χ0n) is 19.4. The van der Waals surface area contributed by atoms with Gasteiger partial charge in [0.15, 0.2) is 17.1 Å². The fourth-order valence-electron chi connectivity index (χ4n) is 3.95. The standard InChI is InChI=1S/C25H23N5O4S/c1-15-7-9-16(10-8-15)18-13-35-23-21(18)27-14-29-24(23)28-30(25(29)32)12-20(31)26-11-17-5-4-6-19(33-2)22(17)34-3/h4-10,13-14H,11-12H2,1-3H3,(H,26,31). The fourth-order valence-corrected chi connectivity index (χ4v) is 4.95. The average Bonchev–Trinajstić information content (AvgIpc) is 3.44. The van der Waals surface area contributed by atoms with Gasteiger partial charge in [0.25, 0.3) is 0 Å². The number of hydrogen-bond donors (Lipinski definition) is 1. The number of fused-ring (bicyclic) bond motifs is 3. The number of benzene rings is 2. The highest BCUT2D eigenvalue weighted by molar-refractivity contribution is 7.18. The molecule has 10 heteroatoms. The number of carbonyl (C=O) groups is 1. The summed E-state index contributed by atoms with van der Waals surface area (Å²) >= 11 is 1.47. The van der Waals surface area contributed by atoms with Crippen LogP contribution in [0.2, 0.25) is 0 Å². The Kier molecular flexibility index (Phi) is 5.96. The van der Waals surface area contributed by atoms with Gasteiger partial charge in [-0.3, -0.25) is 4.79 Å². The van der Waals surface area contributed by atoms with E-state index in [1.165, 1.54) is 27.6 Å². The molecule has 0 aliphatic carbocycles. The first-order valence-corrected chi connectivity index (χ1v) is 11.8. The van der Waals surface area contributed by atoms with E-state index in [4.69, 9.17) is 9.47 Å². The molecule has 35 heavy (non-hydrogen) atoms. The second-order valence-corrected chi connectivity index (χ2v) is 8.88. The monoisotopic (exact) mass is 489 g/mol. The van der Waals surface area contributed by atoms with Crippen molar-refractivity contribution in [3.05, 3.63) is 75.8 Å². The first-order chi connectivity index (χ1) is 17.0. The van der Waals surface area contributed by atoms with Crippen molar-refractivity contribution in [1.29, 1.82) is 0 Å². The molecule has 0 atom stereocenters. The van der Waals surface area contributed by atoms with Crippen molar-refractivity contribution >= 4 is 33.1 Å². The van der Waals surface area contributed by atoms with Crippen molar-refractivity contribution in [2.75, 3.05) is 14.2 Å². The summed E-state index contributed by atoms with van der Waals surface area (Å²) in [6.07, 6.45) is 1.47. The summed E-state index contributed by atoms with van der Waals surface area (Å²) in [6, 6.07) is 13.6. The Morgan fingerprint density at radius 1 is 1.11 bits per heavy atom. The molecule has 3 aromatic heterocycles. The topological polar surface area (TPSA) is 99.7 Å². The lowest BCUT2D eigenvalue weighted by atomic mass is 10.1. The highest BCUT2D eigenvalue weighted by Gasteiger charge is 2.17. The third-order valence-electron chi connectivity index (χ3n) is 5.76. The summed E-state index contributed by atoms with van der Waals surface area (Å²) in [6.45, 7) is 2.04. The van der Waals surface area contributed by atoms with Gasteiger partial charge in [-0.1, -0.05) is 42.0 Å². The number of carbonyl (C=O) groups excluding carboxylic acids is 1. The summed E-state index contributed by atoms with van der Waals surface area (Å²) < 4.78 is 14.0. The van der Waals surface area contributed by atoms with Crippen LogP contribution in [0.5, 0.6) is 11.5 Å². The smallest absolute Gasteiger partial charge is 0.352 e. The maximum Gasteiger partial charge on any atom is 0.352 e. The third-order valence-corrected chi connectivity index (χ3v) is 6.72. The molecular weight excluding hydrogens is 466 g/mol. The number of thiophene rings is 1. The Hall–Kier alpha value is -4.18. The Balaban J connectivity index is 1.40. The molecule has 5 aromatic rings. The number of aromatic nitrogens is 4. The van der Waals surface area contributed by atoms with E-state index in [0.717, 1.165) is 31.6 Å². The molecule has 0 aliphatic heterocycles. The van der Waals surface area contributed by atoms with Crippen LogP contribution in [0.1, 0.15) is 11.1 Å². The van der Waals surface area contributed by atoms with Crippen LogP contribution in [0.15, 0.2) is 59.0 Å². The molecule has 5 rings (SSSR count). The van der Waals surface area contributed by atoms with Gasteiger partial charge in [0, 0.05) is 23.1 Å². The third kappa shape index (κ3) is 4.12. The largest absolute Gasteiger partial charge is 0.493 e. The molecule has 1 N–H and O–H groups in total. The minimum absolute atomic E-state index is 0.218. The highest BCUT2D eigenvalue weighted by atomic mass is 32.1. The minimum Gasteiger partial charge on any atom is -0.493 e. The average molecular weight is 490 g/mol. The van der Waals surface area contributed by atoms with Crippen LogP contribution in [0.4, 0.5) is 0 Å². The molecule has 0 saturated carbocycles. The van der Waals surface area contributed by atoms with E-state index in [1.807, 2.05) is 24.4 Å². The molecule has 0 radical (unpaired) electrons. The molecule has 2 aromatic carbocycles. The van der Waals surface area contributed by atoms with Crippen LogP contribution in [0.3, 0.4) is 0 Å². The molecule has 0 fully saturated rings. The van der Waals surface area contributed by atoms with E-state index in [0.29, 0.717) is 17.1 Å². The molecule has 0 saturated heterocycles. The van der Waals surface area contributed by atoms with E-state index < -0.39 is 5.69 Å². The van der Waals surface area contributed by atoms with Crippen LogP contribution < -0.4 is 20.5 Å². The Morgan fingerprint density at radius 2 is 1.91 bits per heavy atom. The van der Waals surface area contributed by atoms with Crippen molar-refractivity contribution in [3.63, 3.8) is 0 Å². The van der Waals surface area contributed by atoms with Crippen molar-refractivity contribution in [1.82, 2.24) is 24.5 Å². The summed E-state index contributed by atoms with van der Waals surface area (Å²) in [4.78, 5) is 30.1. The molecule has 1 amide bonds. The normalized spacial score (nSPS) is 11.2. The van der Waals surface area contributed by atoms with Gasteiger partial charge >= 0.3 is 5.69 Å². The van der Waals surface area contributed by atoms with E-state index >= 15 is 0 Å². The van der Waals surface area contributed by atoms with Crippen molar-refractivity contribution < 1.29 is 14.3 Å². The number of nitrogens with one attached hydrogen (secondary N) is 1. The van der Waals surface area contributed by atoms with Crippen LogP contribution in [-0.4, -0.2) is 39.3 Å². The lowest BCUT2D eigenvalue weighted by molar-refractivity contribution is -0.122. The maximum atomic E-state index is 12.9. The molecule has 3 heterocycles. The quantitative estimate of drug-likeness (QED) is 0.376. The van der Waals surface area contributed by atoms with E-state index in [2.05, 4.69) is 39.7 Å². The van der Waals surface area contributed by atoms with E-state index in [1.54, 1.807) is 20.3 Å². The summed E-state index contributed by atoms with van der Waals surface area (Å²) in [7, 11) is 3.10. The SMILES string of the molecule is COc1cccc(CNC(=O)Cn2nc3c4scc(-c5ccc(C)cc5)c4ncn3c2=O)c1OC. The maximum absolute atomic E-state index is 12.9. The van der Waals surface area contributed by atoms with Crippen LogP contribution >= 0.6 is 11.3 Å². The number of ether oxygens (including phenoxy) is 2. The van der Waals surface area contributed by atoms with Gasteiger partial charge in [0.05, 0.1) is 24.4 Å². The lowest BCUT2D eigenvalue weighted by Crippen LogP contribution is -2.32. The number of para-hydroxylation sites is 1. The zero-order chi connectivity index (χ0) is 24.5. The molecule has 0 spiro atoms. The number of aryl methyl sites for hydroxylation is 1. The number of nitrogens with zero attached hydrogens (tertiary/aromatic N) is 4. The molecule has 0 bridgehead atoms. The van der Waals surface area contributed by atoms with Crippen LogP contribution in [0, 0.1) is 6.92 Å². The van der Waals surface area contributed by atoms with Gasteiger partial charge in [-0.2, -0.15) is 0 Å². The summed E-state index contributed by atoms with van der Waals surface area (Å²) in [5, 5.41) is 9.28. The molecule has 0 aliphatic rings. The molecule has 9 nitrogen and oxygen atoms in total. The number of amides is 1. The lowest BCUT2D eigenvalue weighted by Gasteiger charge is -2.13. The number of methoxy groups -OCH3 is 2. The predicted molar refractivity (Wildman–Crippen MR) is 134 cm³/mol. The predicted octanol–water partition coefficient (Wildman–Crippen LogP) is 3.41. The Bertz CT molecular complexity index is 1600. The number of hydrogen-bond acceptors (Lipinski definition) is 7. The highest BCUT2D eigenvalue weighted by Crippen LogP contribution is 2.34. The van der Waals surface area contributed by atoms with Gasteiger partial charge in [0.1, 0.15) is 12.9 Å². The van der Waals surface area contributed by atoms with Gasteiger partial charge < -0.3 is 14.8 Å². The second kappa shape index (κ2) is 9.22. The van der Waals surface area contributed by atoms with Crippen LogP contribution in [0.25, 0.3) is 27.0 Å². The van der Waals surface area contributed by atoms with E-state index in [9.17, 15) is 9.59 Å². The van der Waals surface area contributed by atoms with Gasteiger partial charge in [-0.25, -0.2) is 18.9 Å². The summed E-state index contributed by atoms with van der Waals surface area (Å²) in [5.41, 5.74) is 4.80. The Labute approximate surface area is 204 Å².